The normalized spacial score (nSPS) is 14.2. The summed E-state index contributed by atoms with van der Waals surface area (Å²) in [5.74, 6) is 0.0514. The Morgan fingerprint density at radius 2 is 1.94 bits per heavy atom. The van der Waals surface area contributed by atoms with Crippen molar-refractivity contribution in [3.8, 4) is 6.07 Å². The quantitative estimate of drug-likeness (QED) is 0.648. The zero-order chi connectivity index (χ0) is 22.5. The Hall–Kier alpha value is -3.70. The van der Waals surface area contributed by atoms with Gasteiger partial charge in [-0.2, -0.15) is 10.4 Å². The van der Waals surface area contributed by atoms with E-state index < -0.39 is 5.82 Å². The summed E-state index contributed by atoms with van der Waals surface area (Å²) < 4.78 is 15.7. The lowest BCUT2D eigenvalue weighted by molar-refractivity contribution is -0.117. The van der Waals surface area contributed by atoms with E-state index in [-0.39, 0.29) is 18.0 Å². The number of amides is 1. The molecule has 32 heavy (non-hydrogen) atoms. The van der Waals surface area contributed by atoms with Gasteiger partial charge in [0.2, 0.25) is 5.91 Å². The Morgan fingerprint density at radius 3 is 2.69 bits per heavy atom. The van der Waals surface area contributed by atoms with E-state index in [2.05, 4.69) is 21.4 Å². The Labute approximate surface area is 186 Å². The largest absolute Gasteiger partial charge is 0.368 e. The summed E-state index contributed by atoms with van der Waals surface area (Å²) in [6.07, 6.45) is 1.68. The molecule has 0 saturated carbocycles. The minimum absolute atomic E-state index is 0.0700. The molecule has 1 amide bonds. The van der Waals surface area contributed by atoms with E-state index in [9.17, 15) is 14.4 Å². The van der Waals surface area contributed by atoms with E-state index in [1.54, 1.807) is 29.1 Å². The number of aromatic nitrogens is 2. The van der Waals surface area contributed by atoms with Crippen molar-refractivity contribution in [2.24, 2.45) is 0 Å². The van der Waals surface area contributed by atoms with Crippen LogP contribution in [0.3, 0.4) is 0 Å². The first-order valence-corrected chi connectivity index (χ1v) is 10.6. The lowest BCUT2D eigenvalue weighted by Gasteiger charge is -2.36. The van der Waals surface area contributed by atoms with Crippen LogP contribution in [0.4, 0.5) is 15.9 Å². The number of nitriles is 1. The summed E-state index contributed by atoms with van der Waals surface area (Å²) in [7, 11) is 0. The van der Waals surface area contributed by atoms with E-state index in [0.717, 1.165) is 5.56 Å². The van der Waals surface area contributed by atoms with Crippen LogP contribution < -0.4 is 10.2 Å². The van der Waals surface area contributed by atoms with Gasteiger partial charge >= 0.3 is 0 Å². The van der Waals surface area contributed by atoms with Crippen LogP contribution in [-0.4, -0.2) is 53.3 Å². The van der Waals surface area contributed by atoms with E-state index in [0.29, 0.717) is 44.2 Å². The van der Waals surface area contributed by atoms with Crippen molar-refractivity contribution in [2.45, 2.75) is 13.5 Å². The zero-order valence-corrected chi connectivity index (χ0v) is 18.0. The molecule has 1 fully saturated rings. The molecule has 0 spiro atoms. The fraction of sp³-hybridized carbons (Fsp3) is 0.292. The molecule has 1 aliphatic rings. The van der Waals surface area contributed by atoms with Gasteiger partial charge in [0.25, 0.3) is 0 Å². The number of carbonyl (C=O) groups excluding carboxylic acids is 1. The number of carbonyl (C=O) groups is 1. The highest BCUT2D eigenvalue weighted by atomic mass is 19.1. The lowest BCUT2D eigenvalue weighted by atomic mass is 10.1. The van der Waals surface area contributed by atoms with Gasteiger partial charge in [0, 0.05) is 32.2 Å². The van der Waals surface area contributed by atoms with Gasteiger partial charge in [-0.3, -0.25) is 9.69 Å². The summed E-state index contributed by atoms with van der Waals surface area (Å²) >= 11 is 0. The monoisotopic (exact) mass is 432 g/mol. The zero-order valence-electron chi connectivity index (χ0n) is 18.0. The minimum atomic E-state index is -0.505. The van der Waals surface area contributed by atoms with Crippen molar-refractivity contribution in [2.75, 3.05) is 42.9 Å². The molecule has 1 N–H and O–H groups in total. The average Bonchev–Trinajstić information content (AvgIpc) is 3.20. The molecule has 1 saturated heterocycles. The molecule has 3 aromatic rings. The van der Waals surface area contributed by atoms with E-state index in [1.165, 1.54) is 11.6 Å². The van der Waals surface area contributed by atoms with Crippen molar-refractivity contribution >= 4 is 17.4 Å². The van der Waals surface area contributed by atoms with Crippen LogP contribution in [0.2, 0.25) is 0 Å². The highest BCUT2D eigenvalue weighted by Gasteiger charge is 2.22. The molecular weight excluding hydrogens is 407 g/mol. The van der Waals surface area contributed by atoms with E-state index in [4.69, 9.17) is 0 Å². The Kier molecular flexibility index (Phi) is 6.47. The van der Waals surface area contributed by atoms with Crippen LogP contribution in [0.1, 0.15) is 16.7 Å². The SMILES string of the molecule is Cc1cccc(Cn2nccc2NC(=O)CN2CCN(c3cccc(F)c3C#N)CC2)c1. The van der Waals surface area contributed by atoms with Gasteiger partial charge in [-0.25, -0.2) is 9.07 Å². The number of piperazine rings is 1. The summed E-state index contributed by atoms with van der Waals surface area (Å²) in [4.78, 5) is 16.7. The Balaban J connectivity index is 1.32. The first kappa shape index (κ1) is 21.5. The third-order valence-corrected chi connectivity index (χ3v) is 5.58. The minimum Gasteiger partial charge on any atom is -0.368 e. The van der Waals surface area contributed by atoms with Crippen molar-refractivity contribution in [3.63, 3.8) is 0 Å². The third kappa shape index (κ3) is 4.95. The van der Waals surface area contributed by atoms with Crippen LogP contribution in [0.5, 0.6) is 0 Å². The van der Waals surface area contributed by atoms with Crippen LogP contribution >= 0.6 is 0 Å². The molecule has 7 nitrogen and oxygen atoms in total. The molecular formula is C24H25FN6O. The number of hydrogen-bond acceptors (Lipinski definition) is 5. The van der Waals surface area contributed by atoms with E-state index >= 15 is 0 Å². The molecule has 0 aliphatic carbocycles. The van der Waals surface area contributed by atoms with Crippen molar-refractivity contribution in [1.82, 2.24) is 14.7 Å². The predicted molar refractivity (Wildman–Crippen MR) is 121 cm³/mol. The Bertz CT molecular complexity index is 1140. The summed E-state index contributed by atoms with van der Waals surface area (Å²) in [6, 6.07) is 16.6. The number of nitrogens with zero attached hydrogens (tertiary/aromatic N) is 5. The highest BCUT2D eigenvalue weighted by Crippen LogP contribution is 2.23. The maximum atomic E-state index is 13.9. The molecule has 0 unspecified atom stereocenters. The maximum absolute atomic E-state index is 13.9. The van der Waals surface area contributed by atoms with Crippen LogP contribution in [0, 0.1) is 24.1 Å². The topological polar surface area (TPSA) is 77.2 Å². The maximum Gasteiger partial charge on any atom is 0.239 e. The number of halogens is 1. The number of nitrogens with one attached hydrogen (secondary N) is 1. The molecule has 1 aliphatic heterocycles. The molecule has 0 radical (unpaired) electrons. The second-order valence-corrected chi connectivity index (χ2v) is 7.92. The molecule has 4 rings (SSSR count). The molecule has 164 valence electrons. The standard InChI is InChI=1S/C24H25FN6O/c1-18-4-2-5-19(14-18)16-31-23(8-9-27-31)28-24(32)17-29-10-12-30(13-11-29)22-7-3-6-21(25)20(22)15-26/h2-9,14H,10-13,16-17H2,1H3,(H,28,32). The second kappa shape index (κ2) is 9.62. The van der Waals surface area contributed by atoms with Gasteiger partial charge in [0.15, 0.2) is 0 Å². The average molecular weight is 433 g/mol. The van der Waals surface area contributed by atoms with Crippen molar-refractivity contribution in [3.05, 3.63) is 77.2 Å². The van der Waals surface area contributed by atoms with Gasteiger partial charge in [-0.1, -0.05) is 35.9 Å². The van der Waals surface area contributed by atoms with Gasteiger partial charge in [0.1, 0.15) is 23.3 Å². The number of anilines is 2. The van der Waals surface area contributed by atoms with Crippen molar-refractivity contribution in [1.29, 1.82) is 5.26 Å². The van der Waals surface area contributed by atoms with Gasteiger partial charge < -0.3 is 10.2 Å². The third-order valence-electron chi connectivity index (χ3n) is 5.58. The van der Waals surface area contributed by atoms with Gasteiger partial charge in [-0.05, 0) is 24.6 Å². The molecule has 1 aromatic heterocycles. The fourth-order valence-corrected chi connectivity index (χ4v) is 3.97. The molecule has 0 bridgehead atoms. The Morgan fingerprint density at radius 1 is 1.16 bits per heavy atom. The number of aryl methyl sites for hydroxylation is 1. The first-order valence-electron chi connectivity index (χ1n) is 10.6. The molecule has 2 aromatic carbocycles. The van der Waals surface area contributed by atoms with Crippen LogP contribution in [-0.2, 0) is 11.3 Å². The molecule has 2 heterocycles. The van der Waals surface area contributed by atoms with Gasteiger partial charge in [-0.15, -0.1) is 0 Å². The lowest BCUT2D eigenvalue weighted by Crippen LogP contribution is -2.49. The van der Waals surface area contributed by atoms with Gasteiger partial charge in [0.05, 0.1) is 25.0 Å². The summed E-state index contributed by atoms with van der Waals surface area (Å²) in [5, 5.41) is 16.6. The predicted octanol–water partition coefficient (Wildman–Crippen LogP) is 3.01. The molecule has 0 atom stereocenters. The molecule has 8 heteroatoms. The fourth-order valence-electron chi connectivity index (χ4n) is 3.97. The van der Waals surface area contributed by atoms with Crippen LogP contribution in [0.25, 0.3) is 0 Å². The highest BCUT2D eigenvalue weighted by molar-refractivity contribution is 5.91. The number of rotatable bonds is 6. The van der Waals surface area contributed by atoms with Crippen LogP contribution in [0.15, 0.2) is 54.7 Å². The van der Waals surface area contributed by atoms with E-state index in [1.807, 2.05) is 36.1 Å². The number of hydrogen-bond donors (Lipinski definition) is 1. The smallest absolute Gasteiger partial charge is 0.239 e. The summed E-state index contributed by atoms with van der Waals surface area (Å²) in [6.45, 7) is 5.43. The second-order valence-electron chi connectivity index (χ2n) is 7.92. The van der Waals surface area contributed by atoms with Crippen molar-refractivity contribution < 1.29 is 9.18 Å². The number of benzene rings is 2. The first-order chi connectivity index (χ1) is 15.5. The summed E-state index contributed by atoms with van der Waals surface area (Å²) in [5.41, 5.74) is 2.98.